The van der Waals surface area contributed by atoms with Gasteiger partial charge in [0.1, 0.15) is 0 Å². The molecule has 0 nitrogen and oxygen atoms in total. The molecule has 0 aromatic heterocycles. The van der Waals surface area contributed by atoms with Crippen LogP contribution in [0.2, 0.25) is 0 Å². The third kappa shape index (κ3) is 2.60. The first kappa shape index (κ1) is 20.4. The van der Waals surface area contributed by atoms with Crippen LogP contribution in [0.5, 0.6) is 0 Å². The molecule has 0 aliphatic rings. The van der Waals surface area contributed by atoms with Crippen LogP contribution in [0.25, 0.3) is 0 Å². The number of allylic oxidation sites excluding steroid dienone is 2. The minimum atomic E-state index is -7.23. The van der Waals surface area contributed by atoms with Gasteiger partial charge in [-0.1, -0.05) is 36.4 Å². The van der Waals surface area contributed by atoms with Gasteiger partial charge < -0.3 is 0 Å². The molecule has 0 rings (SSSR count). The summed E-state index contributed by atoms with van der Waals surface area (Å²) >= 11 is 8.71. The SMILES string of the molecule is C=C(Cl)C(F)(F)C(F)(F)C(F)(F)C(F)(F)C(F)(F)C(=C)Cl. The van der Waals surface area contributed by atoms with Crippen LogP contribution >= 0.6 is 23.2 Å². The fourth-order valence-corrected chi connectivity index (χ4v) is 1.17. The Balaban J connectivity index is 6.21. The Hall–Kier alpha value is -0.640. The number of halogens is 12. The molecule has 0 atom stereocenters. The number of alkyl halides is 10. The van der Waals surface area contributed by atoms with Gasteiger partial charge in [-0.15, -0.1) is 0 Å². The molecular formula is C9H4Cl2F10. The zero-order valence-corrected chi connectivity index (χ0v) is 11.0. The quantitative estimate of drug-likeness (QED) is 0.527. The largest absolute Gasteiger partial charge is 0.385 e. The molecule has 12 heteroatoms. The molecule has 0 amide bonds. The van der Waals surface area contributed by atoms with E-state index in [1.54, 1.807) is 0 Å². The number of hydrogen-bond donors (Lipinski definition) is 0. The molecule has 0 saturated heterocycles. The summed E-state index contributed by atoms with van der Waals surface area (Å²) in [6, 6.07) is 0. The standard InChI is InChI=1S/C9H4Cl2F10/c1-3(10)5(12,13)7(16,17)9(20,21)8(18,19)6(14,15)4(2)11/h1-2H2. The molecule has 0 radical (unpaired) electrons. The average Bonchev–Trinajstić information content (AvgIpc) is 2.27. The van der Waals surface area contributed by atoms with Gasteiger partial charge in [-0.05, 0) is 0 Å². The Morgan fingerprint density at radius 1 is 0.524 bits per heavy atom. The molecule has 0 aromatic rings. The Morgan fingerprint density at radius 3 is 0.857 bits per heavy atom. The summed E-state index contributed by atoms with van der Waals surface area (Å²) in [5.74, 6) is -33.4. The van der Waals surface area contributed by atoms with E-state index in [4.69, 9.17) is 0 Å². The van der Waals surface area contributed by atoms with Gasteiger partial charge in [0.2, 0.25) is 0 Å². The van der Waals surface area contributed by atoms with Crippen LogP contribution in [-0.2, 0) is 0 Å². The third-order valence-electron chi connectivity index (χ3n) is 2.26. The van der Waals surface area contributed by atoms with Crippen molar-refractivity contribution in [3.05, 3.63) is 23.2 Å². The third-order valence-corrected chi connectivity index (χ3v) is 2.73. The second-order valence-corrected chi connectivity index (χ2v) is 4.59. The van der Waals surface area contributed by atoms with Gasteiger partial charge >= 0.3 is 29.6 Å². The van der Waals surface area contributed by atoms with Crippen molar-refractivity contribution in [1.82, 2.24) is 0 Å². The highest BCUT2D eigenvalue weighted by atomic mass is 35.5. The zero-order chi connectivity index (χ0) is 17.7. The maximum absolute atomic E-state index is 13.0. The monoisotopic (exact) mass is 372 g/mol. The van der Waals surface area contributed by atoms with Gasteiger partial charge in [0, 0.05) is 0 Å². The average molecular weight is 373 g/mol. The minimum Gasteiger partial charge on any atom is -0.193 e. The van der Waals surface area contributed by atoms with Crippen molar-refractivity contribution in [2.45, 2.75) is 29.6 Å². The van der Waals surface area contributed by atoms with Crippen molar-refractivity contribution < 1.29 is 43.9 Å². The maximum Gasteiger partial charge on any atom is 0.385 e. The molecule has 0 unspecified atom stereocenters. The molecule has 0 spiro atoms. The topological polar surface area (TPSA) is 0 Å². The summed E-state index contributed by atoms with van der Waals surface area (Å²) in [6.45, 7) is 4.02. The highest BCUT2D eigenvalue weighted by Gasteiger charge is 2.86. The van der Waals surface area contributed by atoms with Crippen LogP contribution in [0.3, 0.4) is 0 Å². The lowest BCUT2D eigenvalue weighted by molar-refractivity contribution is -0.388. The van der Waals surface area contributed by atoms with Crippen LogP contribution < -0.4 is 0 Å². The van der Waals surface area contributed by atoms with E-state index in [-0.39, 0.29) is 0 Å². The van der Waals surface area contributed by atoms with E-state index < -0.39 is 39.7 Å². The molecule has 0 aromatic carbocycles. The van der Waals surface area contributed by atoms with Crippen LogP contribution in [0.4, 0.5) is 43.9 Å². The Kier molecular flexibility index (Phi) is 5.06. The van der Waals surface area contributed by atoms with E-state index in [2.05, 4.69) is 23.2 Å². The Labute approximate surface area is 121 Å². The fraction of sp³-hybridized carbons (Fsp3) is 0.556. The van der Waals surface area contributed by atoms with Crippen LogP contribution in [0.15, 0.2) is 23.2 Å². The van der Waals surface area contributed by atoms with Gasteiger partial charge in [-0.3, -0.25) is 0 Å². The fourth-order valence-electron chi connectivity index (χ4n) is 0.932. The van der Waals surface area contributed by atoms with E-state index in [1.807, 2.05) is 13.2 Å². The van der Waals surface area contributed by atoms with Gasteiger partial charge in [-0.25, -0.2) is 0 Å². The molecule has 0 bridgehead atoms. The molecule has 0 fully saturated rings. The summed E-state index contributed by atoms with van der Waals surface area (Å²) in [6.07, 6.45) is 0. The van der Waals surface area contributed by atoms with Gasteiger partial charge in [-0.2, -0.15) is 43.9 Å². The maximum atomic E-state index is 13.0. The summed E-state index contributed by atoms with van der Waals surface area (Å²) in [4.78, 5) is 0. The van der Waals surface area contributed by atoms with Crippen LogP contribution in [0.1, 0.15) is 0 Å². The van der Waals surface area contributed by atoms with Crippen molar-refractivity contribution in [3.63, 3.8) is 0 Å². The van der Waals surface area contributed by atoms with Crippen molar-refractivity contribution in [2.24, 2.45) is 0 Å². The summed E-state index contributed by atoms with van der Waals surface area (Å²) < 4.78 is 129. The first-order chi connectivity index (χ1) is 8.89. The summed E-state index contributed by atoms with van der Waals surface area (Å²) in [5.41, 5.74) is 0. The Bertz CT molecular complexity index is 413. The lowest BCUT2D eigenvalue weighted by Crippen LogP contribution is -2.67. The van der Waals surface area contributed by atoms with Crippen molar-refractivity contribution in [1.29, 1.82) is 0 Å². The highest BCUT2D eigenvalue weighted by Crippen LogP contribution is 2.59. The van der Waals surface area contributed by atoms with E-state index in [0.717, 1.165) is 0 Å². The minimum absolute atomic E-state index is 2.01. The lowest BCUT2D eigenvalue weighted by Gasteiger charge is -2.38. The molecule has 0 N–H and O–H groups in total. The summed E-state index contributed by atoms with van der Waals surface area (Å²) in [5, 5.41) is -4.90. The number of rotatable bonds is 6. The predicted molar refractivity (Wildman–Crippen MR) is 54.7 cm³/mol. The highest BCUT2D eigenvalue weighted by molar-refractivity contribution is 6.30. The molecule has 0 aliphatic heterocycles. The van der Waals surface area contributed by atoms with Crippen molar-refractivity contribution in [3.8, 4) is 0 Å². The number of hydrogen-bond acceptors (Lipinski definition) is 0. The summed E-state index contributed by atoms with van der Waals surface area (Å²) in [7, 11) is 0. The molecular weight excluding hydrogens is 369 g/mol. The van der Waals surface area contributed by atoms with Crippen LogP contribution in [0, 0.1) is 0 Å². The zero-order valence-electron chi connectivity index (χ0n) is 9.45. The van der Waals surface area contributed by atoms with Crippen molar-refractivity contribution >= 4 is 23.2 Å². The normalized spacial score (nSPS) is 15.0. The van der Waals surface area contributed by atoms with Gasteiger partial charge in [0.25, 0.3) is 0 Å². The molecule has 0 aliphatic carbocycles. The predicted octanol–water partition coefficient (Wildman–Crippen LogP) is 5.67. The van der Waals surface area contributed by atoms with Crippen LogP contribution in [-0.4, -0.2) is 29.6 Å². The van der Waals surface area contributed by atoms with Gasteiger partial charge in [0.15, 0.2) is 0 Å². The second kappa shape index (κ2) is 5.22. The molecule has 0 saturated carbocycles. The molecule has 21 heavy (non-hydrogen) atoms. The molecule has 0 heterocycles. The second-order valence-electron chi connectivity index (χ2n) is 3.68. The first-order valence-corrected chi connectivity index (χ1v) is 5.23. The van der Waals surface area contributed by atoms with E-state index in [0.29, 0.717) is 0 Å². The molecule has 124 valence electrons. The lowest BCUT2D eigenvalue weighted by atomic mass is 9.94. The smallest absolute Gasteiger partial charge is 0.193 e. The first-order valence-electron chi connectivity index (χ1n) is 4.47. The van der Waals surface area contributed by atoms with E-state index in [1.165, 1.54) is 0 Å². The van der Waals surface area contributed by atoms with Crippen molar-refractivity contribution in [2.75, 3.05) is 0 Å². The van der Waals surface area contributed by atoms with Gasteiger partial charge in [0.05, 0.1) is 10.1 Å². The van der Waals surface area contributed by atoms with E-state index in [9.17, 15) is 43.9 Å². The van der Waals surface area contributed by atoms with E-state index >= 15 is 0 Å². The Morgan fingerprint density at radius 2 is 0.714 bits per heavy atom.